The van der Waals surface area contributed by atoms with Crippen LogP contribution in [-0.2, 0) is 15.7 Å². The van der Waals surface area contributed by atoms with Crippen molar-refractivity contribution in [2.75, 3.05) is 11.1 Å². The van der Waals surface area contributed by atoms with Crippen molar-refractivity contribution in [2.45, 2.75) is 76.6 Å². The Balaban J connectivity index is 1.31. The molecule has 0 atom stereocenters. The number of hydrogen-bond donors (Lipinski definition) is 2. The molecule has 3 fully saturated rings. The summed E-state index contributed by atoms with van der Waals surface area (Å²) in [5, 5.41) is 6.00. The molecule has 0 aromatic carbocycles. The van der Waals surface area contributed by atoms with Crippen LogP contribution in [0.1, 0.15) is 65.1 Å². The number of carbonyl (C=O) groups excluding carboxylic acids is 1. The summed E-state index contributed by atoms with van der Waals surface area (Å²) in [7, 11) is 0. The number of nitrogen functional groups attached to an aromatic ring is 1. The van der Waals surface area contributed by atoms with E-state index in [1.165, 1.54) is 6.33 Å². The zero-order valence-electron chi connectivity index (χ0n) is 19.7. The van der Waals surface area contributed by atoms with Crippen LogP contribution in [0.2, 0.25) is 0 Å². The molecule has 13 heteroatoms. The fraction of sp³-hybridized carbons (Fsp3) is 0.591. The number of nitrogens with two attached hydrogens (primary N) is 1. The molecule has 35 heavy (non-hydrogen) atoms. The smallest absolute Gasteiger partial charge is 0.382 e. The van der Waals surface area contributed by atoms with E-state index in [-0.39, 0.29) is 46.9 Å². The molecule has 3 N–H and O–H groups in total. The summed E-state index contributed by atoms with van der Waals surface area (Å²) >= 11 is 0. The van der Waals surface area contributed by atoms with Crippen molar-refractivity contribution in [1.29, 1.82) is 0 Å². The summed E-state index contributed by atoms with van der Waals surface area (Å²) in [6.45, 7) is 5.77. The highest BCUT2D eigenvalue weighted by molar-refractivity contribution is 5.90. The van der Waals surface area contributed by atoms with Gasteiger partial charge in [-0.3, -0.25) is 19.2 Å². The van der Waals surface area contributed by atoms with Crippen LogP contribution in [0, 0.1) is 5.41 Å². The second-order valence-corrected chi connectivity index (χ2v) is 10.7. The number of amides is 1. The largest absolute Gasteiger partial charge is 0.399 e. The molecule has 0 aliphatic heterocycles. The fourth-order valence-electron chi connectivity index (χ4n) is 5.63. The van der Waals surface area contributed by atoms with Crippen LogP contribution >= 0.6 is 0 Å². The summed E-state index contributed by atoms with van der Waals surface area (Å²) in [5.74, 6) is -0.290. The number of carbonyl (C=O) groups is 1. The minimum absolute atomic E-state index is 0.123. The molecule has 3 aromatic heterocycles. The maximum absolute atomic E-state index is 13.3. The first-order chi connectivity index (χ1) is 16.2. The average molecular weight is 493 g/mol. The Morgan fingerprint density at radius 3 is 2.51 bits per heavy atom. The lowest BCUT2D eigenvalue weighted by molar-refractivity contribution is -0.191. The number of fused-ring (bicyclic) bond motifs is 1. The Morgan fingerprint density at radius 1 is 1.26 bits per heavy atom. The number of imidazole rings is 1. The van der Waals surface area contributed by atoms with Crippen molar-refractivity contribution < 1.29 is 22.5 Å². The SMILES string of the molecule is CC(C)n1c(=O)n(C23CC(CC(=O)Nc4cc(C(C)(C)C(F)(F)F)no4)(C2)C3)c2c(N)ncnc21. The molecular weight excluding hydrogens is 467 g/mol. The van der Waals surface area contributed by atoms with Crippen molar-refractivity contribution in [3.05, 3.63) is 28.6 Å². The normalized spacial score (nSPS) is 23.9. The van der Waals surface area contributed by atoms with Gasteiger partial charge in [-0.05, 0) is 52.4 Å². The number of nitrogens with zero attached hydrogens (tertiary/aromatic N) is 5. The number of alkyl halides is 3. The van der Waals surface area contributed by atoms with E-state index in [0.29, 0.717) is 30.4 Å². The van der Waals surface area contributed by atoms with Gasteiger partial charge >= 0.3 is 11.9 Å². The van der Waals surface area contributed by atoms with E-state index in [2.05, 4.69) is 20.4 Å². The Hall–Kier alpha value is -3.38. The number of rotatable bonds is 6. The van der Waals surface area contributed by atoms with Crippen LogP contribution in [0.3, 0.4) is 0 Å². The number of nitrogens with one attached hydrogen (secondary N) is 1. The van der Waals surface area contributed by atoms with Crippen LogP contribution in [0.25, 0.3) is 11.2 Å². The molecule has 3 saturated carbocycles. The lowest BCUT2D eigenvalue weighted by atomic mass is 9.38. The average Bonchev–Trinajstić information content (AvgIpc) is 3.26. The van der Waals surface area contributed by atoms with Gasteiger partial charge in [0.05, 0.1) is 5.54 Å². The topological polar surface area (TPSA) is 134 Å². The molecule has 6 rings (SSSR count). The van der Waals surface area contributed by atoms with E-state index in [4.69, 9.17) is 10.3 Å². The Labute approximate surface area is 197 Å². The van der Waals surface area contributed by atoms with E-state index >= 15 is 0 Å². The van der Waals surface area contributed by atoms with Gasteiger partial charge in [0, 0.05) is 18.5 Å². The molecule has 0 radical (unpaired) electrons. The van der Waals surface area contributed by atoms with Gasteiger partial charge in [0.15, 0.2) is 11.5 Å². The summed E-state index contributed by atoms with van der Waals surface area (Å²) in [6.07, 6.45) is -1.24. The van der Waals surface area contributed by atoms with Crippen LogP contribution in [0.5, 0.6) is 0 Å². The first-order valence-electron chi connectivity index (χ1n) is 11.3. The predicted octanol–water partition coefficient (Wildman–Crippen LogP) is 3.49. The maximum atomic E-state index is 13.3. The van der Waals surface area contributed by atoms with Gasteiger partial charge in [0.25, 0.3) is 0 Å². The molecule has 3 aliphatic carbocycles. The number of anilines is 2. The van der Waals surface area contributed by atoms with Crippen molar-refractivity contribution >= 4 is 28.8 Å². The molecule has 3 aromatic rings. The molecule has 2 bridgehead atoms. The van der Waals surface area contributed by atoms with E-state index < -0.39 is 17.1 Å². The Kier molecular flexibility index (Phi) is 4.72. The third kappa shape index (κ3) is 3.27. The van der Waals surface area contributed by atoms with Gasteiger partial charge < -0.3 is 10.3 Å². The first-order valence-corrected chi connectivity index (χ1v) is 11.3. The molecule has 10 nitrogen and oxygen atoms in total. The molecule has 3 aliphatic rings. The fourth-order valence-corrected chi connectivity index (χ4v) is 5.63. The van der Waals surface area contributed by atoms with Crippen molar-refractivity contribution in [3.63, 3.8) is 0 Å². The quantitative estimate of drug-likeness (QED) is 0.537. The summed E-state index contributed by atoms with van der Waals surface area (Å²) in [4.78, 5) is 34.3. The molecule has 0 spiro atoms. The monoisotopic (exact) mass is 493 g/mol. The molecule has 0 unspecified atom stereocenters. The van der Waals surface area contributed by atoms with Crippen LogP contribution in [0.15, 0.2) is 21.7 Å². The second-order valence-electron chi connectivity index (χ2n) is 10.7. The van der Waals surface area contributed by atoms with Gasteiger partial charge in [-0.25, -0.2) is 14.8 Å². The van der Waals surface area contributed by atoms with E-state index in [0.717, 1.165) is 19.9 Å². The van der Waals surface area contributed by atoms with Crippen LogP contribution < -0.4 is 16.7 Å². The summed E-state index contributed by atoms with van der Waals surface area (Å²) < 4.78 is 47.9. The highest BCUT2D eigenvalue weighted by Gasteiger charge is 2.70. The summed E-state index contributed by atoms with van der Waals surface area (Å²) in [5.41, 5.74) is 3.62. The zero-order chi connectivity index (χ0) is 25.6. The predicted molar refractivity (Wildman–Crippen MR) is 120 cm³/mol. The lowest BCUT2D eigenvalue weighted by Gasteiger charge is -2.70. The Morgan fingerprint density at radius 2 is 1.91 bits per heavy atom. The summed E-state index contributed by atoms with van der Waals surface area (Å²) in [6, 6.07) is 0.972. The minimum atomic E-state index is -4.52. The molecule has 1 amide bonds. The van der Waals surface area contributed by atoms with Gasteiger partial charge in [0.1, 0.15) is 23.0 Å². The van der Waals surface area contributed by atoms with Crippen molar-refractivity contribution in [2.24, 2.45) is 5.41 Å². The van der Waals surface area contributed by atoms with Gasteiger partial charge in [-0.15, -0.1) is 0 Å². The minimum Gasteiger partial charge on any atom is -0.382 e. The number of halogens is 3. The van der Waals surface area contributed by atoms with Crippen molar-refractivity contribution in [1.82, 2.24) is 24.3 Å². The molecule has 3 heterocycles. The number of hydrogen-bond acceptors (Lipinski definition) is 7. The standard InChI is InChI=1S/C22H26F3N7O3/c1-11(2)31-17-15(16(26)27-10-28-17)32(18(31)34)21-7-20(8-21,9-21)6-13(33)29-14-5-12(30-35-14)19(3,4)22(23,24)25/h5,10-11H,6-9H2,1-4H3,(H,29,33)(H2,26,27,28). The van der Waals surface area contributed by atoms with Gasteiger partial charge in [-0.1, -0.05) is 5.16 Å². The second kappa shape index (κ2) is 7.08. The highest BCUT2D eigenvalue weighted by atomic mass is 19.4. The third-order valence-electron chi connectivity index (χ3n) is 7.44. The van der Waals surface area contributed by atoms with Gasteiger partial charge in [-0.2, -0.15) is 13.2 Å². The first kappa shape index (κ1) is 23.4. The molecular formula is C22H26F3N7O3. The van der Waals surface area contributed by atoms with Crippen LogP contribution in [0.4, 0.5) is 24.9 Å². The van der Waals surface area contributed by atoms with Crippen LogP contribution in [-0.4, -0.2) is 36.3 Å². The Bertz CT molecular complexity index is 1380. The maximum Gasteiger partial charge on any atom is 0.399 e. The highest BCUT2D eigenvalue weighted by Crippen LogP contribution is 2.73. The number of aromatic nitrogens is 5. The third-order valence-corrected chi connectivity index (χ3v) is 7.44. The zero-order valence-corrected chi connectivity index (χ0v) is 19.7. The van der Waals surface area contributed by atoms with E-state index in [9.17, 15) is 22.8 Å². The molecule has 0 saturated heterocycles. The van der Waals surface area contributed by atoms with E-state index in [1.807, 2.05) is 13.8 Å². The van der Waals surface area contributed by atoms with E-state index in [1.54, 1.807) is 9.13 Å². The molecule has 188 valence electrons. The van der Waals surface area contributed by atoms with Crippen molar-refractivity contribution in [3.8, 4) is 0 Å². The van der Waals surface area contributed by atoms with Gasteiger partial charge in [0.2, 0.25) is 11.8 Å². The lowest BCUT2D eigenvalue weighted by Crippen LogP contribution is -2.70.